The van der Waals surface area contributed by atoms with Crippen LogP contribution in [0, 0.1) is 0 Å². The number of rotatable bonds is 7. The Morgan fingerprint density at radius 1 is 1.20 bits per heavy atom. The van der Waals surface area contributed by atoms with E-state index in [1.54, 1.807) is 28.3 Å². The fourth-order valence-corrected chi connectivity index (χ4v) is 2.07. The van der Waals surface area contributed by atoms with Gasteiger partial charge in [0.05, 0.1) is 14.2 Å². The number of carbonyl (C=O) groups excluding carboxylic acids is 1. The molecule has 0 saturated heterocycles. The van der Waals surface area contributed by atoms with E-state index in [0.29, 0.717) is 12.5 Å². The number of hydrogen-bond acceptors (Lipinski definition) is 4. The normalized spacial score (nSPS) is 10.6. The molecular weight excluding hydrogens is 435 g/mol. The molecule has 0 heterocycles. The van der Waals surface area contributed by atoms with Gasteiger partial charge in [0.2, 0.25) is 5.91 Å². The van der Waals surface area contributed by atoms with E-state index in [9.17, 15) is 4.79 Å². The zero-order chi connectivity index (χ0) is 18.1. The maximum absolute atomic E-state index is 11.7. The van der Waals surface area contributed by atoms with Gasteiger partial charge in [0.25, 0.3) is 0 Å². The molecule has 0 atom stereocenters. The number of hydrogen-bond donors (Lipinski definition) is 1. The molecule has 25 heavy (non-hydrogen) atoms. The number of nitrogens with zero attached hydrogens (tertiary/aromatic N) is 3. The number of halogens is 1. The zero-order valence-electron chi connectivity index (χ0n) is 15.8. The van der Waals surface area contributed by atoms with E-state index in [2.05, 4.69) is 10.3 Å². The highest BCUT2D eigenvalue weighted by molar-refractivity contribution is 14.0. The topological polar surface area (TPSA) is 66.4 Å². The van der Waals surface area contributed by atoms with Crippen molar-refractivity contribution in [2.75, 3.05) is 48.5 Å². The van der Waals surface area contributed by atoms with Crippen LogP contribution in [-0.4, -0.2) is 70.1 Å². The number of guanidine groups is 1. The van der Waals surface area contributed by atoms with Crippen LogP contribution in [0.5, 0.6) is 11.5 Å². The number of benzene rings is 1. The molecule has 7 nitrogen and oxygen atoms in total. The summed E-state index contributed by atoms with van der Waals surface area (Å²) in [6, 6.07) is 5.71. The van der Waals surface area contributed by atoms with Crippen LogP contribution < -0.4 is 14.8 Å². The summed E-state index contributed by atoms with van der Waals surface area (Å²) in [6.07, 6.45) is 0. The minimum Gasteiger partial charge on any atom is -0.497 e. The summed E-state index contributed by atoms with van der Waals surface area (Å²) >= 11 is 0. The van der Waals surface area contributed by atoms with Crippen LogP contribution in [0.4, 0.5) is 0 Å². The highest BCUT2D eigenvalue weighted by Crippen LogP contribution is 2.25. The van der Waals surface area contributed by atoms with Gasteiger partial charge in [-0.2, -0.15) is 0 Å². The van der Waals surface area contributed by atoms with Crippen molar-refractivity contribution in [2.24, 2.45) is 4.99 Å². The van der Waals surface area contributed by atoms with Gasteiger partial charge in [-0.15, -0.1) is 24.0 Å². The smallest absolute Gasteiger partial charge is 0.243 e. The van der Waals surface area contributed by atoms with E-state index in [-0.39, 0.29) is 36.4 Å². The fourth-order valence-electron chi connectivity index (χ4n) is 2.07. The minimum absolute atomic E-state index is 0. The van der Waals surface area contributed by atoms with Gasteiger partial charge in [-0.05, 0) is 19.1 Å². The third kappa shape index (κ3) is 7.37. The maximum atomic E-state index is 11.7. The van der Waals surface area contributed by atoms with Crippen LogP contribution >= 0.6 is 24.0 Å². The van der Waals surface area contributed by atoms with Crippen LogP contribution in [-0.2, 0) is 11.3 Å². The van der Waals surface area contributed by atoms with E-state index >= 15 is 0 Å². The first kappa shape index (κ1) is 23.3. The summed E-state index contributed by atoms with van der Waals surface area (Å²) in [5.41, 5.74) is 1.00. The van der Waals surface area contributed by atoms with E-state index in [4.69, 9.17) is 9.47 Å². The Kier molecular flexibility index (Phi) is 11.0. The molecule has 8 heteroatoms. The Labute approximate surface area is 167 Å². The first-order valence-electron chi connectivity index (χ1n) is 7.83. The summed E-state index contributed by atoms with van der Waals surface area (Å²) in [5, 5.41) is 3.20. The van der Waals surface area contributed by atoms with Crippen molar-refractivity contribution < 1.29 is 14.3 Å². The second-order valence-corrected chi connectivity index (χ2v) is 5.49. The van der Waals surface area contributed by atoms with Crippen molar-refractivity contribution >= 4 is 35.8 Å². The van der Waals surface area contributed by atoms with E-state index in [1.807, 2.05) is 37.1 Å². The third-order valence-electron chi connectivity index (χ3n) is 3.46. The van der Waals surface area contributed by atoms with Crippen molar-refractivity contribution in [3.05, 3.63) is 23.8 Å². The Balaban J connectivity index is 0.00000576. The fraction of sp³-hybridized carbons (Fsp3) is 0.529. The predicted molar refractivity (Wildman–Crippen MR) is 111 cm³/mol. The van der Waals surface area contributed by atoms with Crippen LogP contribution in [0.2, 0.25) is 0 Å². The number of nitrogens with one attached hydrogen (secondary N) is 1. The molecule has 1 aromatic carbocycles. The molecule has 0 spiro atoms. The summed E-state index contributed by atoms with van der Waals surface area (Å²) in [5.74, 6) is 2.13. The van der Waals surface area contributed by atoms with Crippen molar-refractivity contribution in [3.63, 3.8) is 0 Å². The molecule has 0 aliphatic rings. The quantitative estimate of drug-likeness (QED) is 0.379. The van der Waals surface area contributed by atoms with Crippen LogP contribution in [0.3, 0.4) is 0 Å². The van der Waals surface area contributed by atoms with Crippen molar-refractivity contribution in [1.29, 1.82) is 0 Å². The van der Waals surface area contributed by atoms with Gasteiger partial charge in [0.15, 0.2) is 5.96 Å². The Bertz CT molecular complexity index is 579. The molecule has 0 aliphatic carbocycles. The van der Waals surface area contributed by atoms with Crippen molar-refractivity contribution in [3.8, 4) is 11.5 Å². The van der Waals surface area contributed by atoms with E-state index in [0.717, 1.165) is 23.6 Å². The molecule has 1 aromatic rings. The SMILES string of the molecule is CCNC(=NCC(=O)N(C)C)N(C)Cc1ccc(OC)cc1OC.I. The summed E-state index contributed by atoms with van der Waals surface area (Å²) < 4.78 is 10.6. The third-order valence-corrected chi connectivity index (χ3v) is 3.46. The number of aliphatic imine (C=N–C) groups is 1. The molecule has 0 radical (unpaired) electrons. The lowest BCUT2D eigenvalue weighted by molar-refractivity contribution is -0.127. The van der Waals surface area contributed by atoms with Crippen LogP contribution in [0.15, 0.2) is 23.2 Å². The average molecular weight is 464 g/mol. The number of carbonyl (C=O) groups is 1. The Morgan fingerprint density at radius 3 is 2.40 bits per heavy atom. The number of ether oxygens (including phenoxy) is 2. The lowest BCUT2D eigenvalue weighted by Crippen LogP contribution is -2.39. The predicted octanol–water partition coefficient (Wildman–Crippen LogP) is 1.81. The largest absolute Gasteiger partial charge is 0.497 e. The summed E-state index contributed by atoms with van der Waals surface area (Å²) in [7, 11) is 8.62. The highest BCUT2D eigenvalue weighted by atomic mass is 127. The molecule has 0 aromatic heterocycles. The molecule has 0 saturated carbocycles. The second-order valence-electron chi connectivity index (χ2n) is 5.49. The zero-order valence-corrected chi connectivity index (χ0v) is 18.2. The lowest BCUT2D eigenvalue weighted by Gasteiger charge is -2.23. The first-order chi connectivity index (χ1) is 11.4. The second kappa shape index (κ2) is 11.8. The molecule has 1 amide bonds. The molecule has 1 N–H and O–H groups in total. The average Bonchev–Trinajstić information content (AvgIpc) is 2.58. The molecular formula is C17H29IN4O3. The van der Waals surface area contributed by atoms with Gasteiger partial charge in [-0.1, -0.05) is 0 Å². The number of amides is 1. The number of likely N-dealkylation sites (N-methyl/N-ethyl adjacent to an activating group) is 1. The van der Waals surface area contributed by atoms with Gasteiger partial charge >= 0.3 is 0 Å². The lowest BCUT2D eigenvalue weighted by atomic mass is 10.2. The molecule has 142 valence electrons. The van der Waals surface area contributed by atoms with Gasteiger partial charge < -0.3 is 24.6 Å². The molecule has 0 fully saturated rings. The van der Waals surface area contributed by atoms with E-state index in [1.165, 1.54) is 4.90 Å². The van der Waals surface area contributed by atoms with Crippen LogP contribution in [0.1, 0.15) is 12.5 Å². The molecule has 0 bridgehead atoms. The highest BCUT2D eigenvalue weighted by Gasteiger charge is 2.12. The summed E-state index contributed by atoms with van der Waals surface area (Å²) in [4.78, 5) is 19.6. The van der Waals surface area contributed by atoms with Crippen LogP contribution in [0.25, 0.3) is 0 Å². The van der Waals surface area contributed by atoms with Gasteiger partial charge in [-0.25, -0.2) is 4.99 Å². The number of methoxy groups -OCH3 is 2. The summed E-state index contributed by atoms with van der Waals surface area (Å²) in [6.45, 7) is 3.42. The van der Waals surface area contributed by atoms with Crippen molar-refractivity contribution in [2.45, 2.75) is 13.5 Å². The van der Waals surface area contributed by atoms with Crippen molar-refractivity contribution in [1.82, 2.24) is 15.1 Å². The molecule has 0 aliphatic heterocycles. The van der Waals surface area contributed by atoms with Gasteiger partial charge in [0.1, 0.15) is 18.0 Å². The molecule has 0 unspecified atom stereocenters. The Hall–Kier alpha value is -1.71. The standard InChI is InChI=1S/C17H28N4O3.HI/c1-7-18-17(19-11-16(22)20(2)3)21(4)12-13-8-9-14(23-5)10-15(13)24-6;/h8-10H,7,11-12H2,1-6H3,(H,18,19);1H. The Morgan fingerprint density at radius 2 is 1.88 bits per heavy atom. The van der Waals surface area contributed by atoms with E-state index < -0.39 is 0 Å². The van der Waals surface area contributed by atoms with Gasteiger partial charge in [-0.3, -0.25) is 4.79 Å². The molecule has 1 rings (SSSR count). The first-order valence-corrected chi connectivity index (χ1v) is 7.83. The maximum Gasteiger partial charge on any atom is 0.243 e. The monoisotopic (exact) mass is 464 g/mol. The minimum atomic E-state index is -0.0409. The van der Waals surface area contributed by atoms with Gasteiger partial charge in [0, 0.05) is 45.9 Å².